The van der Waals surface area contributed by atoms with Gasteiger partial charge < -0.3 is 4.90 Å². The Labute approximate surface area is 96.3 Å². The molecule has 1 fully saturated rings. The van der Waals surface area contributed by atoms with Crippen molar-refractivity contribution in [2.24, 2.45) is 0 Å². The van der Waals surface area contributed by atoms with Crippen molar-refractivity contribution in [3.05, 3.63) is 24.3 Å². The normalized spacial score (nSPS) is 16.4. The standard InChI is InChI=1S/C11H16N2O2S/c1-16(14,15)12-10-6-2-3-7-11(10)13-8-4-5-9-13/h2-3,6-7,12H,4-5,8-9H2,1H3. The van der Waals surface area contributed by atoms with E-state index in [0.717, 1.165) is 18.8 Å². The van der Waals surface area contributed by atoms with Gasteiger partial charge in [-0.05, 0) is 25.0 Å². The fraction of sp³-hybridized carbons (Fsp3) is 0.455. The highest BCUT2D eigenvalue weighted by Gasteiger charge is 2.16. The maximum atomic E-state index is 11.2. The fourth-order valence-corrected chi connectivity index (χ4v) is 2.57. The average molecular weight is 240 g/mol. The first kappa shape index (κ1) is 11.3. The molecule has 16 heavy (non-hydrogen) atoms. The van der Waals surface area contributed by atoms with E-state index in [1.165, 1.54) is 19.1 Å². The molecule has 0 aromatic heterocycles. The Morgan fingerprint density at radius 3 is 2.44 bits per heavy atom. The van der Waals surface area contributed by atoms with E-state index >= 15 is 0 Å². The summed E-state index contributed by atoms with van der Waals surface area (Å²) in [4.78, 5) is 2.22. The van der Waals surface area contributed by atoms with E-state index in [1.54, 1.807) is 6.07 Å². The lowest BCUT2D eigenvalue weighted by Gasteiger charge is -2.21. The summed E-state index contributed by atoms with van der Waals surface area (Å²) < 4.78 is 25.0. The predicted molar refractivity (Wildman–Crippen MR) is 66.4 cm³/mol. The molecule has 1 saturated heterocycles. The van der Waals surface area contributed by atoms with Gasteiger partial charge in [-0.15, -0.1) is 0 Å². The van der Waals surface area contributed by atoms with Gasteiger partial charge >= 0.3 is 0 Å². The summed E-state index contributed by atoms with van der Waals surface area (Å²) in [5, 5.41) is 0. The van der Waals surface area contributed by atoms with Crippen LogP contribution in [0.25, 0.3) is 0 Å². The minimum Gasteiger partial charge on any atom is -0.370 e. The zero-order valence-electron chi connectivity index (χ0n) is 9.31. The summed E-state index contributed by atoms with van der Waals surface area (Å²) in [6.45, 7) is 2.00. The van der Waals surface area contributed by atoms with Crippen LogP contribution >= 0.6 is 0 Å². The van der Waals surface area contributed by atoms with Gasteiger partial charge in [0.25, 0.3) is 0 Å². The van der Waals surface area contributed by atoms with Crippen LogP contribution in [-0.2, 0) is 10.0 Å². The fourth-order valence-electron chi connectivity index (χ4n) is 1.99. The number of nitrogens with one attached hydrogen (secondary N) is 1. The van der Waals surface area contributed by atoms with Crippen LogP contribution < -0.4 is 9.62 Å². The minimum atomic E-state index is -3.21. The molecule has 2 rings (SSSR count). The van der Waals surface area contributed by atoms with Crippen molar-refractivity contribution in [1.29, 1.82) is 0 Å². The van der Waals surface area contributed by atoms with Crippen LogP contribution in [0.1, 0.15) is 12.8 Å². The van der Waals surface area contributed by atoms with Crippen LogP contribution in [0.3, 0.4) is 0 Å². The monoisotopic (exact) mass is 240 g/mol. The lowest BCUT2D eigenvalue weighted by molar-refractivity contribution is 0.607. The number of anilines is 2. The number of rotatable bonds is 3. The summed E-state index contributed by atoms with van der Waals surface area (Å²) in [6, 6.07) is 7.53. The van der Waals surface area contributed by atoms with Gasteiger partial charge in [0, 0.05) is 13.1 Å². The highest BCUT2D eigenvalue weighted by molar-refractivity contribution is 7.92. The summed E-state index contributed by atoms with van der Waals surface area (Å²) in [7, 11) is -3.21. The zero-order valence-corrected chi connectivity index (χ0v) is 10.1. The van der Waals surface area contributed by atoms with Crippen LogP contribution in [0.4, 0.5) is 11.4 Å². The molecule has 0 unspecified atom stereocenters. The van der Waals surface area contributed by atoms with E-state index in [9.17, 15) is 8.42 Å². The summed E-state index contributed by atoms with van der Waals surface area (Å²) in [5.41, 5.74) is 1.65. The summed E-state index contributed by atoms with van der Waals surface area (Å²) in [5.74, 6) is 0. The van der Waals surface area contributed by atoms with Crippen LogP contribution in [0.2, 0.25) is 0 Å². The van der Waals surface area contributed by atoms with Crippen LogP contribution in [0.5, 0.6) is 0 Å². The Hall–Kier alpha value is -1.23. The molecule has 1 aliphatic heterocycles. The highest BCUT2D eigenvalue weighted by Crippen LogP contribution is 2.28. The smallest absolute Gasteiger partial charge is 0.229 e. The van der Waals surface area contributed by atoms with Crippen LogP contribution in [0, 0.1) is 0 Å². The second kappa shape index (κ2) is 4.33. The van der Waals surface area contributed by atoms with Gasteiger partial charge in [-0.3, -0.25) is 4.72 Å². The molecule has 0 amide bonds. The molecule has 88 valence electrons. The quantitative estimate of drug-likeness (QED) is 0.874. The van der Waals surface area contributed by atoms with Crippen molar-refractivity contribution in [3.8, 4) is 0 Å². The summed E-state index contributed by atoms with van der Waals surface area (Å²) in [6.07, 6.45) is 3.52. The van der Waals surface area contributed by atoms with E-state index in [-0.39, 0.29) is 0 Å². The molecular weight excluding hydrogens is 224 g/mol. The molecule has 1 aromatic rings. The maximum Gasteiger partial charge on any atom is 0.229 e. The molecule has 1 N–H and O–H groups in total. The molecule has 1 heterocycles. The van der Waals surface area contributed by atoms with Crippen molar-refractivity contribution < 1.29 is 8.42 Å². The van der Waals surface area contributed by atoms with Crippen molar-refractivity contribution in [2.45, 2.75) is 12.8 Å². The van der Waals surface area contributed by atoms with E-state index in [1.807, 2.05) is 18.2 Å². The lowest BCUT2D eigenvalue weighted by Crippen LogP contribution is -2.20. The number of benzene rings is 1. The van der Waals surface area contributed by atoms with Gasteiger partial charge in [0.2, 0.25) is 10.0 Å². The molecule has 5 heteroatoms. The van der Waals surface area contributed by atoms with Crippen molar-refractivity contribution in [1.82, 2.24) is 0 Å². The number of para-hydroxylation sites is 2. The van der Waals surface area contributed by atoms with E-state index in [0.29, 0.717) is 5.69 Å². The lowest BCUT2D eigenvalue weighted by atomic mass is 10.2. The first-order valence-corrected chi connectivity index (χ1v) is 7.27. The number of nitrogens with zero attached hydrogens (tertiary/aromatic N) is 1. The largest absolute Gasteiger partial charge is 0.370 e. The molecule has 0 aliphatic carbocycles. The second-order valence-corrected chi connectivity index (χ2v) is 5.83. The van der Waals surface area contributed by atoms with Crippen molar-refractivity contribution in [3.63, 3.8) is 0 Å². The average Bonchev–Trinajstić information content (AvgIpc) is 2.69. The van der Waals surface area contributed by atoms with Gasteiger partial charge in [0.05, 0.1) is 17.6 Å². The topological polar surface area (TPSA) is 49.4 Å². The molecule has 0 atom stereocenters. The van der Waals surface area contributed by atoms with Gasteiger partial charge in [-0.2, -0.15) is 0 Å². The number of hydrogen-bond acceptors (Lipinski definition) is 3. The molecule has 0 radical (unpaired) electrons. The van der Waals surface area contributed by atoms with Crippen molar-refractivity contribution in [2.75, 3.05) is 29.0 Å². The zero-order chi connectivity index (χ0) is 11.6. The predicted octanol–water partition coefficient (Wildman–Crippen LogP) is 1.66. The first-order chi connectivity index (χ1) is 7.56. The van der Waals surface area contributed by atoms with Gasteiger partial charge in [0.1, 0.15) is 0 Å². The van der Waals surface area contributed by atoms with E-state index in [4.69, 9.17) is 0 Å². The Balaban J connectivity index is 2.30. The Morgan fingerprint density at radius 2 is 1.81 bits per heavy atom. The minimum absolute atomic E-state index is 0.673. The van der Waals surface area contributed by atoms with Crippen molar-refractivity contribution >= 4 is 21.4 Å². The van der Waals surface area contributed by atoms with Crippen LogP contribution in [-0.4, -0.2) is 27.8 Å². The second-order valence-electron chi connectivity index (χ2n) is 4.09. The SMILES string of the molecule is CS(=O)(=O)Nc1ccccc1N1CCCC1. The van der Waals surface area contributed by atoms with E-state index in [2.05, 4.69) is 9.62 Å². The third-order valence-electron chi connectivity index (χ3n) is 2.65. The molecule has 4 nitrogen and oxygen atoms in total. The molecule has 1 aromatic carbocycles. The third kappa shape index (κ3) is 2.66. The molecule has 0 bridgehead atoms. The molecule has 1 aliphatic rings. The number of hydrogen-bond donors (Lipinski definition) is 1. The Bertz CT molecular complexity index is 465. The number of sulfonamides is 1. The molecule has 0 saturated carbocycles. The first-order valence-electron chi connectivity index (χ1n) is 5.38. The van der Waals surface area contributed by atoms with Gasteiger partial charge in [-0.1, -0.05) is 12.1 Å². The maximum absolute atomic E-state index is 11.2. The molecular formula is C11H16N2O2S. The highest BCUT2D eigenvalue weighted by atomic mass is 32.2. The van der Waals surface area contributed by atoms with Gasteiger partial charge in [0.15, 0.2) is 0 Å². The van der Waals surface area contributed by atoms with E-state index < -0.39 is 10.0 Å². The molecule has 0 spiro atoms. The van der Waals surface area contributed by atoms with Crippen LogP contribution in [0.15, 0.2) is 24.3 Å². The summed E-state index contributed by atoms with van der Waals surface area (Å²) >= 11 is 0. The Kier molecular flexibility index (Phi) is 3.05. The third-order valence-corrected chi connectivity index (χ3v) is 3.24. The Morgan fingerprint density at radius 1 is 1.19 bits per heavy atom. The van der Waals surface area contributed by atoms with Gasteiger partial charge in [-0.25, -0.2) is 8.42 Å².